The van der Waals surface area contributed by atoms with Gasteiger partial charge in [-0.05, 0) is 13.8 Å². The van der Waals surface area contributed by atoms with Gasteiger partial charge in [-0.25, -0.2) is 4.98 Å². The molecule has 0 aliphatic rings. The van der Waals surface area contributed by atoms with E-state index in [0.29, 0.717) is 5.88 Å². The molecular formula is C10H14F3N3O. The van der Waals surface area contributed by atoms with Gasteiger partial charge in [-0.2, -0.15) is 18.2 Å². The molecule has 0 amide bonds. The van der Waals surface area contributed by atoms with Crippen molar-refractivity contribution in [1.82, 2.24) is 9.97 Å². The average molecular weight is 249 g/mol. The first-order valence-electron chi connectivity index (χ1n) is 5.17. The fourth-order valence-corrected chi connectivity index (χ4v) is 1.05. The molecule has 0 unspecified atom stereocenters. The van der Waals surface area contributed by atoms with Crippen LogP contribution in [0.2, 0.25) is 0 Å². The largest absolute Gasteiger partial charge is 0.475 e. The van der Waals surface area contributed by atoms with Crippen molar-refractivity contribution in [1.29, 1.82) is 0 Å². The van der Waals surface area contributed by atoms with E-state index in [1.54, 1.807) is 6.07 Å². The van der Waals surface area contributed by atoms with Gasteiger partial charge in [0.15, 0.2) is 0 Å². The molecule has 0 spiro atoms. The van der Waals surface area contributed by atoms with Gasteiger partial charge in [-0.15, -0.1) is 0 Å². The molecule has 0 fully saturated rings. The predicted octanol–water partition coefficient (Wildman–Crippen LogP) is 2.63. The maximum Gasteiger partial charge on any atom is 0.390 e. The topological polar surface area (TPSA) is 47.0 Å². The Morgan fingerprint density at radius 1 is 1.41 bits per heavy atom. The van der Waals surface area contributed by atoms with Gasteiger partial charge in [0.2, 0.25) is 11.8 Å². The minimum absolute atomic E-state index is 0.0482. The summed E-state index contributed by atoms with van der Waals surface area (Å²) in [7, 11) is 0. The van der Waals surface area contributed by atoms with Crippen molar-refractivity contribution >= 4 is 5.95 Å². The van der Waals surface area contributed by atoms with E-state index in [2.05, 4.69) is 15.3 Å². The zero-order valence-corrected chi connectivity index (χ0v) is 9.58. The SMILES string of the molecule is CC(C)Oc1ccnc(NCCC(F)(F)F)n1. The molecule has 0 saturated carbocycles. The van der Waals surface area contributed by atoms with E-state index in [9.17, 15) is 13.2 Å². The third kappa shape index (κ3) is 5.94. The van der Waals surface area contributed by atoms with Crippen LogP contribution in [-0.4, -0.2) is 28.8 Å². The van der Waals surface area contributed by atoms with Gasteiger partial charge in [0.25, 0.3) is 0 Å². The number of alkyl halides is 3. The second kappa shape index (κ2) is 5.70. The third-order valence-corrected chi connectivity index (χ3v) is 1.68. The van der Waals surface area contributed by atoms with Crippen molar-refractivity contribution in [3.63, 3.8) is 0 Å². The molecular weight excluding hydrogens is 235 g/mol. The van der Waals surface area contributed by atoms with Crippen molar-refractivity contribution in [2.75, 3.05) is 11.9 Å². The lowest BCUT2D eigenvalue weighted by Gasteiger charge is -2.10. The summed E-state index contributed by atoms with van der Waals surface area (Å²) in [5, 5.41) is 2.49. The van der Waals surface area contributed by atoms with Crippen LogP contribution in [0, 0.1) is 0 Å². The van der Waals surface area contributed by atoms with Crippen LogP contribution in [0.1, 0.15) is 20.3 Å². The predicted molar refractivity (Wildman–Crippen MR) is 57.0 cm³/mol. The van der Waals surface area contributed by atoms with Crippen molar-refractivity contribution in [2.24, 2.45) is 0 Å². The van der Waals surface area contributed by atoms with E-state index >= 15 is 0 Å². The van der Waals surface area contributed by atoms with E-state index < -0.39 is 12.6 Å². The van der Waals surface area contributed by atoms with Gasteiger partial charge < -0.3 is 10.1 Å². The first-order valence-corrected chi connectivity index (χ1v) is 5.17. The highest BCUT2D eigenvalue weighted by Crippen LogP contribution is 2.19. The van der Waals surface area contributed by atoms with Crippen molar-refractivity contribution in [3.8, 4) is 5.88 Å². The Morgan fingerprint density at radius 2 is 2.12 bits per heavy atom. The molecule has 0 atom stereocenters. The quantitative estimate of drug-likeness (QED) is 0.871. The summed E-state index contributed by atoms with van der Waals surface area (Å²) in [6.45, 7) is 3.41. The number of aromatic nitrogens is 2. The maximum absolute atomic E-state index is 11.9. The van der Waals surface area contributed by atoms with Gasteiger partial charge in [-0.1, -0.05) is 0 Å². The number of rotatable bonds is 5. The lowest BCUT2D eigenvalue weighted by molar-refractivity contribution is -0.131. The van der Waals surface area contributed by atoms with Gasteiger partial charge in [-0.3, -0.25) is 0 Å². The second-order valence-electron chi connectivity index (χ2n) is 3.68. The van der Waals surface area contributed by atoms with Crippen molar-refractivity contribution in [3.05, 3.63) is 12.3 Å². The normalized spacial score (nSPS) is 11.6. The van der Waals surface area contributed by atoms with E-state index in [1.807, 2.05) is 13.8 Å². The molecule has 1 aromatic heterocycles. The molecule has 0 aromatic carbocycles. The zero-order chi connectivity index (χ0) is 12.9. The van der Waals surface area contributed by atoms with Crippen LogP contribution in [0.4, 0.5) is 19.1 Å². The van der Waals surface area contributed by atoms with Crippen LogP contribution in [-0.2, 0) is 0 Å². The summed E-state index contributed by atoms with van der Waals surface area (Å²) in [4.78, 5) is 7.72. The smallest absolute Gasteiger partial charge is 0.390 e. The van der Waals surface area contributed by atoms with E-state index in [-0.39, 0.29) is 18.6 Å². The Kier molecular flexibility index (Phi) is 4.53. The summed E-state index contributed by atoms with van der Waals surface area (Å²) >= 11 is 0. The molecule has 1 aromatic rings. The summed E-state index contributed by atoms with van der Waals surface area (Å²) in [5.41, 5.74) is 0. The van der Waals surface area contributed by atoms with E-state index in [4.69, 9.17) is 4.74 Å². The highest BCUT2D eigenvalue weighted by Gasteiger charge is 2.26. The molecule has 0 aliphatic heterocycles. The average Bonchev–Trinajstić information content (AvgIpc) is 2.15. The molecule has 1 rings (SSSR count). The van der Waals surface area contributed by atoms with Crippen LogP contribution in [0.25, 0.3) is 0 Å². The summed E-state index contributed by atoms with van der Waals surface area (Å²) in [6, 6.07) is 1.55. The molecule has 1 N–H and O–H groups in total. The molecule has 7 heteroatoms. The van der Waals surface area contributed by atoms with Crippen LogP contribution >= 0.6 is 0 Å². The minimum Gasteiger partial charge on any atom is -0.475 e. The van der Waals surface area contributed by atoms with Gasteiger partial charge in [0.1, 0.15) is 0 Å². The summed E-state index contributed by atoms with van der Waals surface area (Å²) in [5.74, 6) is 0.469. The van der Waals surface area contributed by atoms with E-state index in [1.165, 1.54) is 6.20 Å². The molecule has 4 nitrogen and oxygen atoms in total. The number of hydrogen-bond donors (Lipinski definition) is 1. The molecule has 0 bridgehead atoms. The van der Waals surface area contributed by atoms with Gasteiger partial charge in [0.05, 0.1) is 12.5 Å². The second-order valence-corrected chi connectivity index (χ2v) is 3.68. The number of hydrogen-bond acceptors (Lipinski definition) is 4. The van der Waals surface area contributed by atoms with Crippen molar-refractivity contribution in [2.45, 2.75) is 32.5 Å². The standard InChI is InChI=1S/C10H14F3N3O/c1-7(2)17-8-3-5-14-9(16-8)15-6-4-10(11,12)13/h3,5,7H,4,6H2,1-2H3,(H,14,15,16). The minimum atomic E-state index is -4.18. The number of nitrogens with one attached hydrogen (secondary N) is 1. The highest BCUT2D eigenvalue weighted by atomic mass is 19.4. The Balaban J connectivity index is 2.48. The Hall–Kier alpha value is -1.53. The highest BCUT2D eigenvalue weighted by molar-refractivity contribution is 5.27. The third-order valence-electron chi connectivity index (χ3n) is 1.68. The number of anilines is 1. The Labute approximate surface area is 97.2 Å². The van der Waals surface area contributed by atoms with Crippen LogP contribution in [0.15, 0.2) is 12.3 Å². The van der Waals surface area contributed by atoms with Crippen molar-refractivity contribution < 1.29 is 17.9 Å². The molecule has 0 saturated heterocycles. The zero-order valence-electron chi connectivity index (χ0n) is 9.58. The summed E-state index contributed by atoms with van der Waals surface area (Å²) in [6.07, 6.45) is -3.72. The monoisotopic (exact) mass is 249 g/mol. The molecule has 0 radical (unpaired) electrons. The fraction of sp³-hybridized carbons (Fsp3) is 0.600. The van der Waals surface area contributed by atoms with E-state index in [0.717, 1.165) is 0 Å². The molecule has 0 aliphatic carbocycles. The Bertz CT molecular complexity index is 355. The maximum atomic E-state index is 11.9. The van der Waals surface area contributed by atoms with Crippen LogP contribution in [0.5, 0.6) is 5.88 Å². The molecule has 1 heterocycles. The first-order chi connectivity index (χ1) is 7.87. The lowest BCUT2D eigenvalue weighted by Crippen LogP contribution is -2.16. The van der Waals surface area contributed by atoms with Crippen LogP contribution < -0.4 is 10.1 Å². The van der Waals surface area contributed by atoms with Crippen LogP contribution in [0.3, 0.4) is 0 Å². The molecule has 96 valence electrons. The Morgan fingerprint density at radius 3 is 2.71 bits per heavy atom. The summed E-state index contributed by atoms with van der Waals surface area (Å²) < 4.78 is 41.0. The number of nitrogens with zero attached hydrogens (tertiary/aromatic N) is 2. The fourth-order valence-electron chi connectivity index (χ4n) is 1.05. The lowest BCUT2D eigenvalue weighted by atomic mass is 10.4. The number of ether oxygens (including phenoxy) is 1. The molecule has 17 heavy (non-hydrogen) atoms. The first kappa shape index (κ1) is 13.5. The number of halogens is 3. The van der Waals surface area contributed by atoms with Gasteiger partial charge >= 0.3 is 6.18 Å². The van der Waals surface area contributed by atoms with Gasteiger partial charge in [0, 0.05) is 18.8 Å².